The van der Waals surface area contributed by atoms with E-state index in [1.54, 1.807) is 18.4 Å². The van der Waals surface area contributed by atoms with Crippen LogP contribution in [0.2, 0.25) is 0 Å². The van der Waals surface area contributed by atoms with E-state index in [0.29, 0.717) is 6.42 Å². The van der Waals surface area contributed by atoms with Gasteiger partial charge >= 0.3 is 0 Å². The van der Waals surface area contributed by atoms with E-state index in [1.807, 2.05) is 21.6 Å². The molecule has 2 N–H and O–H groups in total. The van der Waals surface area contributed by atoms with Gasteiger partial charge in [0.15, 0.2) is 5.78 Å². The highest BCUT2D eigenvalue weighted by molar-refractivity contribution is 8.77. The zero-order valence-electron chi connectivity index (χ0n) is 11.4. The summed E-state index contributed by atoms with van der Waals surface area (Å²) in [5.74, 6) is 0.770. The van der Waals surface area contributed by atoms with Gasteiger partial charge in [-0.3, -0.25) is 14.6 Å². The van der Waals surface area contributed by atoms with Gasteiger partial charge in [-0.25, -0.2) is 0 Å². The molecule has 0 aromatic carbocycles. The largest absolute Gasteiger partial charge is 0.370 e. The summed E-state index contributed by atoms with van der Waals surface area (Å²) in [4.78, 5) is 27.6. The fraction of sp³-hybridized carbons (Fsp3) is 0.643. The predicted octanol–water partition coefficient (Wildman–Crippen LogP) is 2.52. The van der Waals surface area contributed by atoms with Crippen molar-refractivity contribution in [2.75, 3.05) is 5.75 Å². The van der Waals surface area contributed by atoms with E-state index in [-0.39, 0.29) is 12.2 Å². The number of nitrogens with zero attached hydrogens (tertiary/aromatic N) is 1. The minimum Gasteiger partial charge on any atom is -0.370 e. The van der Waals surface area contributed by atoms with Crippen LogP contribution in [0.3, 0.4) is 0 Å². The van der Waals surface area contributed by atoms with Gasteiger partial charge in [-0.05, 0) is 31.4 Å². The molecule has 0 bridgehead atoms. The number of hydrogen-bond acceptors (Lipinski definition) is 5. The lowest BCUT2D eigenvalue weighted by atomic mass is 9.88. The number of carbonyl (C=O) groups excluding carboxylic acids is 2. The third-order valence-electron chi connectivity index (χ3n) is 3.60. The molecule has 0 saturated carbocycles. The molecule has 1 fully saturated rings. The second kappa shape index (κ2) is 7.31. The highest BCUT2D eigenvalue weighted by Gasteiger charge is 2.37. The number of amides is 1. The van der Waals surface area contributed by atoms with Gasteiger partial charge in [0.1, 0.15) is 5.54 Å². The summed E-state index contributed by atoms with van der Waals surface area (Å²) in [7, 11) is 3.91. The maximum Gasteiger partial charge on any atom is 0.220 e. The van der Waals surface area contributed by atoms with Crippen molar-refractivity contribution in [1.29, 1.82) is 0 Å². The van der Waals surface area contributed by atoms with Crippen LogP contribution in [0.4, 0.5) is 0 Å². The Labute approximate surface area is 127 Å². The number of carbonyl (C=O) groups is 2. The Morgan fingerprint density at radius 1 is 1.40 bits per heavy atom. The Morgan fingerprint density at radius 2 is 2.25 bits per heavy atom. The molecule has 2 rings (SSSR count). The Balaban J connectivity index is 1.76. The monoisotopic (exact) mass is 312 g/mol. The highest BCUT2D eigenvalue weighted by Crippen LogP contribution is 2.40. The third-order valence-corrected chi connectivity index (χ3v) is 6.60. The highest BCUT2D eigenvalue weighted by atomic mass is 33.1. The van der Waals surface area contributed by atoms with Crippen molar-refractivity contribution in [3.05, 3.63) is 12.2 Å². The molecule has 0 radical (unpaired) electrons. The standard InChI is InChI=1S/C14H20N2O2S2/c15-13(18)10-14(7-3-8-16-14)12(17)5-2-1-4-11-6-9-19-20-11/h3,7-8,11H,1-2,4-6,9-10H2,(H2,15,18). The zero-order chi connectivity index (χ0) is 14.4. The lowest BCUT2D eigenvalue weighted by Crippen LogP contribution is -2.37. The van der Waals surface area contributed by atoms with Gasteiger partial charge in [-0.2, -0.15) is 0 Å². The topological polar surface area (TPSA) is 72.5 Å². The van der Waals surface area contributed by atoms with Crippen LogP contribution < -0.4 is 5.73 Å². The van der Waals surface area contributed by atoms with Crippen LogP contribution in [0.1, 0.15) is 38.5 Å². The molecule has 1 amide bonds. The van der Waals surface area contributed by atoms with E-state index in [0.717, 1.165) is 18.1 Å². The van der Waals surface area contributed by atoms with Crippen LogP contribution in [0.25, 0.3) is 0 Å². The van der Waals surface area contributed by atoms with Crippen molar-refractivity contribution in [3.63, 3.8) is 0 Å². The Hall–Kier alpha value is -0.750. The molecule has 6 heteroatoms. The average molecular weight is 312 g/mol. The first-order chi connectivity index (χ1) is 9.62. The van der Waals surface area contributed by atoms with Crippen LogP contribution in [0.5, 0.6) is 0 Å². The van der Waals surface area contributed by atoms with Gasteiger partial charge in [0.05, 0.1) is 6.42 Å². The number of rotatable bonds is 8. The summed E-state index contributed by atoms with van der Waals surface area (Å²) in [6, 6.07) is 0. The van der Waals surface area contributed by atoms with Crippen molar-refractivity contribution in [3.8, 4) is 0 Å². The number of allylic oxidation sites excluding steroid dienone is 1. The lowest BCUT2D eigenvalue weighted by molar-refractivity contribution is -0.127. The number of nitrogens with two attached hydrogens (primary N) is 1. The van der Waals surface area contributed by atoms with Crippen LogP contribution in [-0.2, 0) is 9.59 Å². The van der Waals surface area contributed by atoms with Gasteiger partial charge in [-0.15, -0.1) is 0 Å². The molecule has 0 aromatic heterocycles. The van der Waals surface area contributed by atoms with E-state index in [9.17, 15) is 9.59 Å². The van der Waals surface area contributed by atoms with Crippen molar-refractivity contribution < 1.29 is 9.59 Å². The number of aliphatic imine (C=N–C) groups is 1. The summed E-state index contributed by atoms with van der Waals surface area (Å²) >= 11 is 0. The fourth-order valence-corrected chi connectivity index (χ4v) is 5.52. The second-order valence-corrected chi connectivity index (χ2v) is 7.99. The van der Waals surface area contributed by atoms with Gasteiger partial charge in [0.2, 0.25) is 5.91 Å². The number of unbranched alkanes of at least 4 members (excludes halogenated alkanes) is 1. The first-order valence-corrected chi connectivity index (χ1v) is 9.33. The molecule has 1 saturated heterocycles. The number of primary amides is 1. The normalized spacial score (nSPS) is 28.1. The quantitative estimate of drug-likeness (QED) is 0.552. The third kappa shape index (κ3) is 4.12. The Morgan fingerprint density at radius 3 is 2.85 bits per heavy atom. The maximum absolute atomic E-state index is 12.3. The maximum atomic E-state index is 12.3. The molecule has 0 aromatic rings. The zero-order valence-corrected chi connectivity index (χ0v) is 13.0. The summed E-state index contributed by atoms with van der Waals surface area (Å²) in [5, 5.41) is 0.749. The minimum absolute atomic E-state index is 0.00903. The SMILES string of the molecule is NC(=O)CC1(C(=O)CCCCC2CCSS2)C=CC=N1. The molecule has 4 nitrogen and oxygen atoms in total. The lowest BCUT2D eigenvalue weighted by Gasteiger charge is -2.21. The summed E-state index contributed by atoms with van der Waals surface area (Å²) in [5.41, 5.74) is 4.22. The minimum atomic E-state index is -1.01. The first-order valence-electron chi connectivity index (χ1n) is 6.95. The van der Waals surface area contributed by atoms with Gasteiger partial charge in [-0.1, -0.05) is 28.0 Å². The van der Waals surface area contributed by atoms with Crippen molar-refractivity contribution in [2.45, 2.75) is 49.3 Å². The molecule has 2 atom stereocenters. The number of hydrogen-bond donors (Lipinski definition) is 1. The second-order valence-electron chi connectivity index (χ2n) is 5.20. The average Bonchev–Trinajstić information content (AvgIpc) is 3.05. The molecule has 2 unspecified atom stereocenters. The van der Waals surface area contributed by atoms with Crippen LogP contribution in [-0.4, -0.2) is 34.4 Å². The molecule has 0 spiro atoms. The van der Waals surface area contributed by atoms with Crippen LogP contribution in [0, 0.1) is 0 Å². The van der Waals surface area contributed by atoms with Gasteiger partial charge in [0.25, 0.3) is 0 Å². The smallest absolute Gasteiger partial charge is 0.220 e. The predicted molar refractivity (Wildman–Crippen MR) is 86.1 cm³/mol. The van der Waals surface area contributed by atoms with Crippen molar-refractivity contribution in [1.82, 2.24) is 0 Å². The molecule has 0 aliphatic carbocycles. The van der Waals surface area contributed by atoms with Crippen molar-refractivity contribution in [2.24, 2.45) is 10.7 Å². The Kier molecular flexibility index (Phi) is 5.72. The summed E-state index contributed by atoms with van der Waals surface area (Å²) in [6.45, 7) is 0. The molecule has 110 valence electrons. The molecular formula is C14H20N2O2S2. The van der Waals surface area contributed by atoms with E-state index < -0.39 is 11.4 Å². The fourth-order valence-electron chi connectivity index (χ4n) is 2.49. The van der Waals surface area contributed by atoms with Gasteiger partial charge < -0.3 is 5.73 Å². The summed E-state index contributed by atoms with van der Waals surface area (Å²) in [6.07, 6.45) is 9.82. The summed E-state index contributed by atoms with van der Waals surface area (Å²) < 4.78 is 0. The van der Waals surface area contributed by atoms with Gasteiger partial charge in [0, 0.05) is 23.6 Å². The Bertz CT molecular complexity index is 417. The van der Waals surface area contributed by atoms with Crippen molar-refractivity contribution >= 4 is 39.5 Å². The van der Waals surface area contributed by atoms with E-state index in [4.69, 9.17) is 5.73 Å². The molecule has 2 aliphatic heterocycles. The molecule has 2 aliphatic rings. The molecular weight excluding hydrogens is 292 g/mol. The van der Waals surface area contributed by atoms with Crippen LogP contribution >= 0.6 is 21.6 Å². The van der Waals surface area contributed by atoms with E-state index >= 15 is 0 Å². The number of ketones is 1. The van der Waals surface area contributed by atoms with E-state index in [1.165, 1.54) is 18.6 Å². The molecule has 2 heterocycles. The van der Waals surface area contributed by atoms with Crippen LogP contribution in [0.15, 0.2) is 17.1 Å². The van der Waals surface area contributed by atoms with E-state index in [2.05, 4.69) is 4.99 Å². The first kappa shape index (κ1) is 15.6. The molecule has 20 heavy (non-hydrogen) atoms. The number of Topliss-reactive ketones (excluding diaryl/α,β-unsaturated/α-hetero) is 1.